The molecule has 0 radical (unpaired) electrons. The number of carbonyl (C=O) groups is 1. The average molecular weight is 249 g/mol. The van der Waals surface area contributed by atoms with Gasteiger partial charge in [0, 0.05) is 19.6 Å². The van der Waals surface area contributed by atoms with E-state index in [0.29, 0.717) is 0 Å². The maximum atomic E-state index is 11.6. The lowest BCUT2D eigenvalue weighted by Crippen LogP contribution is -2.44. The molecule has 0 bridgehead atoms. The van der Waals surface area contributed by atoms with E-state index in [-0.39, 0.29) is 10.7 Å². The van der Waals surface area contributed by atoms with Crippen LogP contribution >= 0.6 is 15.9 Å². The molecule has 1 fully saturated rings. The monoisotopic (exact) mass is 248 g/mol. The molecular formula is C9H17BrN2O. The van der Waals surface area contributed by atoms with Gasteiger partial charge in [0.05, 0.1) is 4.83 Å². The minimum atomic E-state index is 0.0587. The van der Waals surface area contributed by atoms with Crippen LogP contribution in [0.2, 0.25) is 0 Å². The summed E-state index contributed by atoms with van der Waals surface area (Å²) in [6.07, 6.45) is 2.10. The van der Waals surface area contributed by atoms with E-state index in [4.69, 9.17) is 0 Å². The lowest BCUT2D eigenvalue weighted by Gasteiger charge is -2.30. The van der Waals surface area contributed by atoms with E-state index in [1.165, 1.54) is 0 Å². The van der Waals surface area contributed by atoms with E-state index < -0.39 is 0 Å². The Morgan fingerprint density at radius 3 is 2.92 bits per heavy atom. The molecule has 1 amide bonds. The minimum absolute atomic E-state index is 0.0587. The molecule has 1 rings (SSSR count). The lowest BCUT2D eigenvalue weighted by molar-refractivity contribution is -0.132. The number of likely N-dealkylation sites (N-methyl/N-ethyl adjacent to an activating group) is 1. The largest absolute Gasteiger partial charge is 0.340 e. The fourth-order valence-electron chi connectivity index (χ4n) is 1.44. The predicted molar refractivity (Wildman–Crippen MR) is 57.1 cm³/mol. The molecule has 0 aromatic rings. The molecule has 1 heterocycles. The van der Waals surface area contributed by atoms with E-state index in [1.807, 2.05) is 19.0 Å². The Balaban J connectivity index is 2.35. The second-order valence-electron chi connectivity index (χ2n) is 3.74. The summed E-state index contributed by atoms with van der Waals surface area (Å²) < 4.78 is 0. The Hall–Kier alpha value is -0.0900. The van der Waals surface area contributed by atoms with E-state index in [2.05, 4.69) is 20.8 Å². The fraction of sp³-hybridized carbons (Fsp3) is 0.889. The zero-order chi connectivity index (χ0) is 9.84. The number of hydrogen-bond acceptors (Lipinski definition) is 2. The van der Waals surface area contributed by atoms with E-state index in [1.54, 1.807) is 0 Å². The predicted octanol–water partition coefficient (Wildman–Crippen LogP) is 0.934. The number of amides is 1. The molecule has 76 valence electrons. The van der Waals surface area contributed by atoms with Gasteiger partial charge in [-0.25, -0.2) is 0 Å². The van der Waals surface area contributed by atoms with Crippen LogP contribution in [0.25, 0.3) is 0 Å². The van der Waals surface area contributed by atoms with Crippen LogP contribution in [0.4, 0.5) is 0 Å². The summed E-state index contributed by atoms with van der Waals surface area (Å²) in [6.45, 7) is 2.73. The van der Waals surface area contributed by atoms with Crippen molar-refractivity contribution in [2.45, 2.75) is 17.7 Å². The summed E-state index contributed by atoms with van der Waals surface area (Å²) in [5.41, 5.74) is 0. The first-order valence-corrected chi connectivity index (χ1v) is 5.60. The maximum Gasteiger partial charge on any atom is 0.236 e. The molecule has 0 spiro atoms. The van der Waals surface area contributed by atoms with Gasteiger partial charge in [0.25, 0.3) is 0 Å². The van der Waals surface area contributed by atoms with Crippen LogP contribution in [0, 0.1) is 0 Å². The van der Waals surface area contributed by atoms with E-state index in [0.717, 1.165) is 32.5 Å². The molecule has 0 aliphatic carbocycles. The second-order valence-corrected chi connectivity index (χ2v) is 4.84. The fourth-order valence-corrected chi connectivity index (χ4v) is 2.05. The normalized spacial score (nSPS) is 24.2. The van der Waals surface area contributed by atoms with Gasteiger partial charge in [-0.1, -0.05) is 15.9 Å². The number of hydrogen-bond donors (Lipinski definition) is 0. The summed E-state index contributed by atoms with van der Waals surface area (Å²) >= 11 is 3.40. The number of rotatable bonds is 3. The maximum absolute atomic E-state index is 11.6. The highest BCUT2D eigenvalue weighted by Crippen LogP contribution is 2.17. The highest BCUT2D eigenvalue weighted by molar-refractivity contribution is 9.10. The van der Waals surface area contributed by atoms with Crippen LogP contribution in [-0.2, 0) is 4.79 Å². The van der Waals surface area contributed by atoms with Gasteiger partial charge in [-0.2, -0.15) is 0 Å². The molecule has 1 aliphatic heterocycles. The summed E-state index contributed by atoms with van der Waals surface area (Å²) in [5.74, 6) is 0.258. The first kappa shape index (κ1) is 11.0. The molecule has 1 atom stereocenters. The molecule has 0 N–H and O–H groups in total. The summed E-state index contributed by atoms with van der Waals surface area (Å²) in [4.78, 5) is 15.7. The molecule has 1 saturated heterocycles. The average Bonchev–Trinajstić information content (AvgIpc) is 2.07. The van der Waals surface area contributed by atoms with Crippen molar-refractivity contribution in [2.75, 3.05) is 33.7 Å². The zero-order valence-electron chi connectivity index (χ0n) is 8.29. The molecule has 3 nitrogen and oxygen atoms in total. The van der Waals surface area contributed by atoms with Gasteiger partial charge in [-0.05, 0) is 26.9 Å². The number of carbonyl (C=O) groups excluding carboxylic acids is 1. The van der Waals surface area contributed by atoms with Crippen LogP contribution < -0.4 is 0 Å². The zero-order valence-corrected chi connectivity index (χ0v) is 9.88. The number of nitrogens with zero attached hydrogens (tertiary/aromatic N) is 2. The Bertz CT molecular complexity index is 184. The summed E-state index contributed by atoms with van der Waals surface area (Å²) in [6, 6.07) is 0. The number of likely N-dealkylation sites (tertiary alicyclic amines) is 1. The van der Waals surface area contributed by atoms with Gasteiger partial charge < -0.3 is 9.80 Å². The van der Waals surface area contributed by atoms with Crippen LogP contribution in [0.1, 0.15) is 12.8 Å². The van der Waals surface area contributed by atoms with Gasteiger partial charge in [0.2, 0.25) is 5.91 Å². The van der Waals surface area contributed by atoms with Crippen molar-refractivity contribution in [3.8, 4) is 0 Å². The van der Waals surface area contributed by atoms with Gasteiger partial charge in [0.15, 0.2) is 0 Å². The third-order valence-corrected chi connectivity index (χ3v) is 3.13. The second kappa shape index (κ2) is 4.96. The standard InChI is InChI=1S/C9H17BrN2O/c1-11(2)6-7-12-5-3-4-8(10)9(12)13/h8H,3-7H2,1-2H3. The van der Waals surface area contributed by atoms with Crippen LogP contribution in [0.5, 0.6) is 0 Å². The quantitative estimate of drug-likeness (QED) is 0.695. The molecule has 1 aliphatic rings. The molecule has 0 aromatic heterocycles. The summed E-state index contributed by atoms with van der Waals surface area (Å²) in [7, 11) is 4.06. The third-order valence-electron chi connectivity index (χ3n) is 2.28. The Morgan fingerprint density at radius 2 is 2.31 bits per heavy atom. The van der Waals surface area contributed by atoms with Gasteiger partial charge in [-0.3, -0.25) is 4.79 Å². The third kappa shape index (κ3) is 3.27. The summed E-state index contributed by atoms with van der Waals surface area (Å²) in [5, 5.41) is 0. The SMILES string of the molecule is CN(C)CCN1CCCC(Br)C1=O. The van der Waals surface area contributed by atoms with Crippen LogP contribution in [0.3, 0.4) is 0 Å². The molecule has 13 heavy (non-hydrogen) atoms. The number of alkyl halides is 1. The highest BCUT2D eigenvalue weighted by atomic mass is 79.9. The van der Waals surface area contributed by atoms with Crippen molar-refractivity contribution in [2.24, 2.45) is 0 Å². The van der Waals surface area contributed by atoms with Gasteiger partial charge in [-0.15, -0.1) is 0 Å². The van der Waals surface area contributed by atoms with Crippen molar-refractivity contribution >= 4 is 21.8 Å². The lowest BCUT2D eigenvalue weighted by atomic mass is 10.1. The van der Waals surface area contributed by atoms with Crippen molar-refractivity contribution in [3.63, 3.8) is 0 Å². The number of halogens is 1. The minimum Gasteiger partial charge on any atom is -0.340 e. The Labute approximate surface area is 88.2 Å². The van der Waals surface area contributed by atoms with E-state index in [9.17, 15) is 4.79 Å². The van der Waals surface area contributed by atoms with Crippen LogP contribution in [-0.4, -0.2) is 54.3 Å². The first-order chi connectivity index (χ1) is 6.11. The smallest absolute Gasteiger partial charge is 0.236 e. The van der Waals surface area contributed by atoms with Crippen molar-refractivity contribution in [1.82, 2.24) is 9.80 Å². The molecule has 0 saturated carbocycles. The molecule has 0 aromatic carbocycles. The molecule has 1 unspecified atom stereocenters. The highest BCUT2D eigenvalue weighted by Gasteiger charge is 2.25. The Morgan fingerprint density at radius 1 is 1.62 bits per heavy atom. The van der Waals surface area contributed by atoms with Crippen molar-refractivity contribution in [3.05, 3.63) is 0 Å². The topological polar surface area (TPSA) is 23.6 Å². The first-order valence-electron chi connectivity index (χ1n) is 4.69. The van der Waals surface area contributed by atoms with E-state index >= 15 is 0 Å². The van der Waals surface area contributed by atoms with Gasteiger partial charge >= 0.3 is 0 Å². The Kier molecular flexibility index (Phi) is 4.19. The number of piperidine rings is 1. The molecule has 4 heteroatoms. The van der Waals surface area contributed by atoms with Crippen LogP contribution in [0.15, 0.2) is 0 Å². The van der Waals surface area contributed by atoms with Crippen molar-refractivity contribution in [1.29, 1.82) is 0 Å². The van der Waals surface area contributed by atoms with Crippen molar-refractivity contribution < 1.29 is 4.79 Å². The molecular weight excluding hydrogens is 232 g/mol. The van der Waals surface area contributed by atoms with Gasteiger partial charge in [0.1, 0.15) is 0 Å².